The van der Waals surface area contributed by atoms with Crippen LogP contribution < -0.4 is 0 Å². The van der Waals surface area contributed by atoms with E-state index in [2.05, 4.69) is 13.8 Å². The van der Waals surface area contributed by atoms with Gasteiger partial charge >= 0.3 is 0 Å². The van der Waals surface area contributed by atoms with Crippen molar-refractivity contribution < 1.29 is 14.0 Å². The molecule has 0 spiro atoms. The lowest BCUT2D eigenvalue weighted by atomic mass is 9.99. The molecule has 0 aliphatic carbocycles. The smallest absolute Gasteiger partial charge is 0.257 e. The number of carbonyl (C=O) groups excluding carboxylic acids is 2. The molecule has 0 bridgehead atoms. The van der Waals surface area contributed by atoms with Crippen LogP contribution in [0.5, 0.6) is 0 Å². The molecule has 0 atom stereocenters. The van der Waals surface area contributed by atoms with Crippen LogP contribution in [-0.2, 0) is 4.79 Å². The molecule has 1 aromatic rings. The maximum atomic E-state index is 13.0. The predicted molar refractivity (Wildman–Crippen MR) is 108 cm³/mol. The average molecular weight is 377 g/mol. The van der Waals surface area contributed by atoms with Crippen LogP contribution in [0.3, 0.4) is 0 Å². The van der Waals surface area contributed by atoms with Crippen molar-refractivity contribution in [3.8, 4) is 0 Å². The van der Waals surface area contributed by atoms with E-state index in [9.17, 15) is 9.59 Å². The van der Waals surface area contributed by atoms with E-state index in [0.29, 0.717) is 36.8 Å². The van der Waals surface area contributed by atoms with Crippen molar-refractivity contribution in [2.75, 3.05) is 26.2 Å². The highest BCUT2D eigenvalue weighted by Crippen LogP contribution is 2.19. The van der Waals surface area contributed by atoms with Crippen molar-refractivity contribution in [1.82, 2.24) is 9.80 Å². The lowest BCUT2D eigenvalue weighted by Crippen LogP contribution is -2.41. The van der Waals surface area contributed by atoms with Gasteiger partial charge in [-0.3, -0.25) is 9.59 Å². The van der Waals surface area contributed by atoms with Gasteiger partial charge in [-0.15, -0.1) is 0 Å². The molecule has 27 heavy (non-hydrogen) atoms. The van der Waals surface area contributed by atoms with E-state index in [-0.39, 0.29) is 11.8 Å². The Bertz CT molecular complexity index is 615. The molecule has 1 aliphatic rings. The predicted octanol–water partition coefficient (Wildman–Crippen LogP) is 4.57. The zero-order chi connectivity index (χ0) is 19.8. The van der Waals surface area contributed by atoms with Crippen LogP contribution >= 0.6 is 0 Å². The maximum absolute atomic E-state index is 13.0. The number of piperidine rings is 1. The third-order valence-electron chi connectivity index (χ3n) is 5.57. The SMILES string of the molecule is CCCCCCN(CCC(=O)N1CCC(C)CC1)C(=O)c1cc(C)oc1C. The summed E-state index contributed by atoms with van der Waals surface area (Å²) in [5.74, 6) is 2.28. The molecule has 2 amide bonds. The highest BCUT2D eigenvalue weighted by atomic mass is 16.3. The summed E-state index contributed by atoms with van der Waals surface area (Å²) < 4.78 is 5.54. The zero-order valence-electron chi connectivity index (χ0n) is 17.6. The summed E-state index contributed by atoms with van der Waals surface area (Å²) in [5, 5.41) is 0. The first-order valence-corrected chi connectivity index (χ1v) is 10.6. The summed E-state index contributed by atoms with van der Waals surface area (Å²) in [5.41, 5.74) is 0.627. The van der Waals surface area contributed by atoms with Crippen LogP contribution in [0.25, 0.3) is 0 Å². The molecule has 1 saturated heterocycles. The average Bonchev–Trinajstić information content (AvgIpc) is 2.99. The van der Waals surface area contributed by atoms with E-state index >= 15 is 0 Å². The van der Waals surface area contributed by atoms with E-state index in [0.717, 1.165) is 44.5 Å². The van der Waals surface area contributed by atoms with E-state index in [4.69, 9.17) is 4.42 Å². The minimum atomic E-state index is -0.0130. The number of rotatable bonds is 9. The molecule has 0 aromatic carbocycles. The highest BCUT2D eigenvalue weighted by Gasteiger charge is 2.24. The van der Waals surface area contributed by atoms with Crippen molar-refractivity contribution in [1.29, 1.82) is 0 Å². The second kappa shape index (κ2) is 10.5. The Morgan fingerprint density at radius 3 is 2.44 bits per heavy atom. The lowest BCUT2D eigenvalue weighted by Gasteiger charge is -2.31. The number of nitrogens with zero attached hydrogens (tertiary/aromatic N) is 2. The topological polar surface area (TPSA) is 53.8 Å². The van der Waals surface area contributed by atoms with Gasteiger partial charge in [-0.25, -0.2) is 0 Å². The number of likely N-dealkylation sites (tertiary alicyclic amines) is 1. The van der Waals surface area contributed by atoms with Gasteiger partial charge in [0.25, 0.3) is 5.91 Å². The third kappa shape index (κ3) is 6.40. The highest BCUT2D eigenvalue weighted by molar-refractivity contribution is 5.95. The molecule has 152 valence electrons. The fourth-order valence-corrected chi connectivity index (χ4v) is 3.70. The minimum Gasteiger partial charge on any atom is -0.466 e. The Hall–Kier alpha value is -1.78. The summed E-state index contributed by atoms with van der Waals surface area (Å²) >= 11 is 0. The number of hydrogen-bond acceptors (Lipinski definition) is 3. The second-order valence-corrected chi connectivity index (χ2v) is 7.99. The van der Waals surface area contributed by atoms with Gasteiger partial charge in [-0.05, 0) is 45.1 Å². The molecule has 5 nitrogen and oxygen atoms in total. The van der Waals surface area contributed by atoms with E-state index in [1.54, 1.807) is 0 Å². The molecule has 1 aromatic heterocycles. The van der Waals surface area contributed by atoms with Gasteiger partial charge in [-0.1, -0.05) is 33.1 Å². The Balaban J connectivity index is 1.95. The van der Waals surface area contributed by atoms with Gasteiger partial charge in [0.2, 0.25) is 5.91 Å². The molecule has 0 saturated carbocycles. The summed E-state index contributed by atoms with van der Waals surface area (Å²) in [4.78, 5) is 29.4. The summed E-state index contributed by atoms with van der Waals surface area (Å²) in [6, 6.07) is 1.81. The van der Waals surface area contributed by atoms with Crippen LogP contribution in [-0.4, -0.2) is 47.8 Å². The Kier molecular flexibility index (Phi) is 8.39. The number of unbranched alkanes of at least 4 members (excludes halogenated alkanes) is 3. The van der Waals surface area contributed by atoms with Crippen LogP contribution in [0, 0.1) is 19.8 Å². The van der Waals surface area contributed by atoms with Crippen molar-refractivity contribution in [2.45, 2.75) is 72.6 Å². The minimum absolute atomic E-state index is 0.0130. The fraction of sp³-hybridized carbons (Fsp3) is 0.727. The number of aryl methyl sites for hydroxylation is 2. The fourth-order valence-electron chi connectivity index (χ4n) is 3.70. The number of carbonyl (C=O) groups is 2. The standard InChI is InChI=1S/C22H36N2O3/c1-5-6-7-8-12-24(22(26)20-16-18(3)27-19(20)4)15-11-21(25)23-13-9-17(2)10-14-23/h16-17H,5-15H2,1-4H3. The molecule has 0 unspecified atom stereocenters. The van der Waals surface area contributed by atoms with E-state index in [1.165, 1.54) is 12.8 Å². The molecule has 1 fully saturated rings. The second-order valence-electron chi connectivity index (χ2n) is 7.99. The Labute approximate surface area is 164 Å². The first kappa shape index (κ1) is 21.5. The molecular formula is C22H36N2O3. The van der Waals surface area contributed by atoms with Gasteiger partial charge < -0.3 is 14.2 Å². The summed E-state index contributed by atoms with van der Waals surface area (Å²) in [6.45, 7) is 11.0. The monoisotopic (exact) mass is 376 g/mol. The van der Waals surface area contributed by atoms with Gasteiger partial charge in [0, 0.05) is 32.6 Å². The summed E-state index contributed by atoms with van der Waals surface area (Å²) in [6.07, 6.45) is 7.00. The van der Waals surface area contributed by atoms with Gasteiger partial charge in [-0.2, -0.15) is 0 Å². The van der Waals surface area contributed by atoms with Crippen LogP contribution in [0.1, 0.15) is 80.7 Å². The molecule has 5 heteroatoms. The number of hydrogen-bond donors (Lipinski definition) is 0. The van der Waals surface area contributed by atoms with Crippen molar-refractivity contribution in [3.05, 3.63) is 23.2 Å². The van der Waals surface area contributed by atoms with Crippen molar-refractivity contribution >= 4 is 11.8 Å². The first-order valence-electron chi connectivity index (χ1n) is 10.6. The van der Waals surface area contributed by atoms with Gasteiger partial charge in [0.1, 0.15) is 11.5 Å². The molecule has 2 heterocycles. The third-order valence-corrected chi connectivity index (χ3v) is 5.57. The van der Waals surface area contributed by atoms with Crippen LogP contribution in [0.2, 0.25) is 0 Å². The molecule has 2 rings (SSSR count). The maximum Gasteiger partial charge on any atom is 0.257 e. The molecule has 0 N–H and O–H groups in total. The normalized spacial score (nSPS) is 15.2. The quantitative estimate of drug-likeness (QED) is 0.593. The Morgan fingerprint density at radius 1 is 1.15 bits per heavy atom. The molecular weight excluding hydrogens is 340 g/mol. The summed E-state index contributed by atoms with van der Waals surface area (Å²) in [7, 11) is 0. The molecule has 0 radical (unpaired) electrons. The van der Waals surface area contributed by atoms with Crippen molar-refractivity contribution in [2.24, 2.45) is 5.92 Å². The lowest BCUT2D eigenvalue weighted by molar-refractivity contribution is -0.132. The number of furan rings is 1. The van der Waals surface area contributed by atoms with E-state index in [1.807, 2.05) is 29.7 Å². The van der Waals surface area contributed by atoms with Gasteiger partial charge in [0.05, 0.1) is 5.56 Å². The van der Waals surface area contributed by atoms with Crippen LogP contribution in [0.4, 0.5) is 0 Å². The van der Waals surface area contributed by atoms with Gasteiger partial charge in [0.15, 0.2) is 0 Å². The Morgan fingerprint density at radius 2 is 1.85 bits per heavy atom. The van der Waals surface area contributed by atoms with E-state index < -0.39 is 0 Å². The van der Waals surface area contributed by atoms with Crippen LogP contribution in [0.15, 0.2) is 10.5 Å². The number of amides is 2. The first-order chi connectivity index (χ1) is 12.9. The largest absolute Gasteiger partial charge is 0.466 e. The molecule has 1 aliphatic heterocycles. The van der Waals surface area contributed by atoms with Crippen molar-refractivity contribution in [3.63, 3.8) is 0 Å². The zero-order valence-corrected chi connectivity index (χ0v) is 17.6.